The molecule has 1 amide bonds. The molecule has 2 atom stereocenters. The van der Waals surface area contributed by atoms with E-state index in [1.165, 1.54) is 11.1 Å². The number of nitrogens with one attached hydrogen (secondary N) is 2. The van der Waals surface area contributed by atoms with E-state index in [1.54, 1.807) is 7.05 Å². The molecule has 2 unspecified atom stereocenters. The Morgan fingerprint density at radius 1 is 1.45 bits per heavy atom. The number of carbonyl (C=O) groups is 1. The standard InChI is InChI=1S/C16H25N3O/c1-10(2)8-15(16(20)18-3)19-14-7-4-11-9-12(17)5-6-13(11)14/h5-6,9-10,14-15,19H,4,7-8,17H2,1-3H3,(H,18,20). The highest BCUT2D eigenvalue weighted by molar-refractivity contribution is 5.81. The largest absolute Gasteiger partial charge is 0.399 e. The second-order valence-corrected chi connectivity index (χ2v) is 6.01. The summed E-state index contributed by atoms with van der Waals surface area (Å²) < 4.78 is 0. The molecule has 0 fully saturated rings. The Labute approximate surface area is 121 Å². The molecule has 0 heterocycles. The molecule has 1 aromatic carbocycles. The van der Waals surface area contributed by atoms with Gasteiger partial charge in [0.05, 0.1) is 6.04 Å². The van der Waals surface area contributed by atoms with Gasteiger partial charge in [-0.25, -0.2) is 0 Å². The van der Waals surface area contributed by atoms with E-state index in [-0.39, 0.29) is 18.0 Å². The third kappa shape index (κ3) is 3.31. The number of anilines is 1. The Hall–Kier alpha value is -1.55. The van der Waals surface area contributed by atoms with Crippen molar-refractivity contribution in [3.8, 4) is 0 Å². The predicted molar refractivity (Wildman–Crippen MR) is 82.4 cm³/mol. The van der Waals surface area contributed by atoms with Crippen LogP contribution in [0.5, 0.6) is 0 Å². The Balaban J connectivity index is 2.11. The van der Waals surface area contributed by atoms with Crippen LogP contribution < -0.4 is 16.4 Å². The van der Waals surface area contributed by atoms with Gasteiger partial charge in [-0.05, 0) is 48.4 Å². The molecule has 20 heavy (non-hydrogen) atoms. The number of amides is 1. The second-order valence-electron chi connectivity index (χ2n) is 6.01. The van der Waals surface area contributed by atoms with Crippen molar-refractivity contribution in [1.29, 1.82) is 0 Å². The van der Waals surface area contributed by atoms with Crippen molar-refractivity contribution in [2.24, 2.45) is 5.92 Å². The van der Waals surface area contributed by atoms with Crippen molar-refractivity contribution < 1.29 is 4.79 Å². The summed E-state index contributed by atoms with van der Waals surface area (Å²) in [5, 5.41) is 6.28. The van der Waals surface area contributed by atoms with Crippen LogP contribution in [0.15, 0.2) is 18.2 Å². The molecule has 2 rings (SSSR count). The van der Waals surface area contributed by atoms with Crippen LogP contribution in [0, 0.1) is 5.92 Å². The van der Waals surface area contributed by atoms with Crippen LogP contribution in [0.25, 0.3) is 0 Å². The smallest absolute Gasteiger partial charge is 0.236 e. The van der Waals surface area contributed by atoms with E-state index in [1.807, 2.05) is 12.1 Å². The number of likely N-dealkylation sites (N-methyl/N-ethyl adjacent to an activating group) is 1. The minimum atomic E-state index is -0.131. The summed E-state index contributed by atoms with van der Waals surface area (Å²) in [5.74, 6) is 0.555. The fourth-order valence-electron chi connectivity index (χ4n) is 2.95. The Bertz CT molecular complexity index is 485. The molecule has 4 N–H and O–H groups in total. The van der Waals surface area contributed by atoms with Gasteiger partial charge in [-0.1, -0.05) is 19.9 Å². The lowest BCUT2D eigenvalue weighted by Gasteiger charge is -2.24. The van der Waals surface area contributed by atoms with Crippen molar-refractivity contribution in [2.75, 3.05) is 12.8 Å². The van der Waals surface area contributed by atoms with Gasteiger partial charge in [-0.15, -0.1) is 0 Å². The number of rotatable bonds is 5. The van der Waals surface area contributed by atoms with E-state index in [4.69, 9.17) is 5.73 Å². The zero-order chi connectivity index (χ0) is 14.7. The molecule has 0 bridgehead atoms. The maximum Gasteiger partial charge on any atom is 0.236 e. The molecule has 4 nitrogen and oxygen atoms in total. The topological polar surface area (TPSA) is 67.2 Å². The van der Waals surface area contributed by atoms with Crippen LogP contribution in [0.3, 0.4) is 0 Å². The quantitative estimate of drug-likeness (QED) is 0.720. The lowest BCUT2D eigenvalue weighted by molar-refractivity contribution is -0.123. The number of nitrogen functional groups attached to an aromatic ring is 1. The van der Waals surface area contributed by atoms with Crippen molar-refractivity contribution >= 4 is 11.6 Å². The van der Waals surface area contributed by atoms with Gasteiger partial charge in [0.25, 0.3) is 0 Å². The van der Waals surface area contributed by atoms with Crippen molar-refractivity contribution in [1.82, 2.24) is 10.6 Å². The maximum atomic E-state index is 12.0. The normalized spacial score (nSPS) is 18.9. The molecular formula is C16H25N3O. The summed E-state index contributed by atoms with van der Waals surface area (Å²) in [5.41, 5.74) is 9.24. The number of carbonyl (C=O) groups excluding carboxylic acids is 1. The summed E-state index contributed by atoms with van der Waals surface area (Å²) >= 11 is 0. The van der Waals surface area contributed by atoms with Gasteiger partial charge >= 0.3 is 0 Å². The van der Waals surface area contributed by atoms with E-state index in [0.717, 1.165) is 24.9 Å². The number of aryl methyl sites for hydroxylation is 1. The number of hydrogen-bond donors (Lipinski definition) is 3. The van der Waals surface area contributed by atoms with Crippen LogP contribution in [0.2, 0.25) is 0 Å². The molecule has 1 aliphatic rings. The summed E-state index contributed by atoms with van der Waals surface area (Å²) in [7, 11) is 1.70. The predicted octanol–water partition coefficient (Wildman–Crippen LogP) is 2.01. The molecule has 0 spiro atoms. The van der Waals surface area contributed by atoms with Crippen LogP contribution >= 0.6 is 0 Å². The van der Waals surface area contributed by atoms with Gasteiger partial charge < -0.3 is 11.1 Å². The summed E-state index contributed by atoms with van der Waals surface area (Å²) in [6.45, 7) is 4.28. The highest BCUT2D eigenvalue weighted by Crippen LogP contribution is 2.33. The molecule has 4 heteroatoms. The molecular weight excluding hydrogens is 250 g/mol. The van der Waals surface area contributed by atoms with E-state index in [9.17, 15) is 4.79 Å². The first-order valence-corrected chi connectivity index (χ1v) is 7.37. The second kappa shape index (κ2) is 6.27. The van der Waals surface area contributed by atoms with Gasteiger partial charge in [0.2, 0.25) is 5.91 Å². The number of hydrogen-bond acceptors (Lipinski definition) is 3. The first kappa shape index (κ1) is 14.9. The van der Waals surface area contributed by atoms with Crippen LogP contribution in [0.4, 0.5) is 5.69 Å². The fraction of sp³-hybridized carbons (Fsp3) is 0.562. The SMILES string of the molecule is CNC(=O)C(CC(C)C)NC1CCc2cc(N)ccc21. The molecule has 0 aromatic heterocycles. The molecule has 1 aromatic rings. The Morgan fingerprint density at radius 2 is 2.20 bits per heavy atom. The number of nitrogens with two attached hydrogens (primary N) is 1. The lowest BCUT2D eigenvalue weighted by atomic mass is 10.0. The summed E-state index contributed by atoms with van der Waals surface area (Å²) in [6, 6.07) is 6.20. The molecule has 0 aliphatic heterocycles. The number of benzene rings is 1. The van der Waals surface area contributed by atoms with Gasteiger partial charge in [0.15, 0.2) is 0 Å². The van der Waals surface area contributed by atoms with Crippen LogP contribution in [-0.2, 0) is 11.2 Å². The zero-order valence-electron chi connectivity index (χ0n) is 12.6. The van der Waals surface area contributed by atoms with E-state index in [0.29, 0.717) is 5.92 Å². The first-order valence-electron chi connectivity index (χ1n) is 7.37. The van der Waals surface area contributed by atoms with Crippen molar-refractivity contribution in [2.45, 2.75) is 45.2 Å². The minimum Gasteiger partial charge on any atom is -0.399 e. The highest BCUT2D eigenvalue weighted by atomic mass is 16.2. The fourth-order valence-corrected chi connectivity index (χ4v) is 2.95. The number of fused-ring (bicyclic) bond motifs is 1. The van der Waals surface area contributed by atoms with E-state index in [2.05, 4.69) is 30.5 Å². The van der Waals surface area contributed by atoms with Crippen LogP contribution in [0.1, 0.15) is 43.9 Å². The van der Waals surface area contributed by atoms with Gasteiger partial charge in [-0.3, -0.25) is 10.1 Å². The highest BCUT2D eigenvalue weighted by Gasteiger charge is 2.27. The third-order valence-electron chi connectivity index (χ3n) is 3.92. The monoisotopic (exact) mass is 275 g/mol. The summed E-state index contributed by atoms with van der Waals surface area (Å²) in [4.78, 5) is 12.0. The van der Waals surface area contributed by atoms with Crippen molar-refractivity contribution in [3.63, 3.8) is 0 Å². The average Bonchev–Trinajstić information content (AvgIpc) is 2.78. The first-order chi connectivity index (χ1) is 9.51. The van der Waals surface area contributed by atoms with Gasteiger partial charge in [-0.2, -0.15) is 0 Å². The third-order valence-corrected chi connectivity index (χ3v) is 3.92. The van der Waals surface area contributed by atoms with E-state index < -0.39 is 0 Å². The van der Waals surface area contributed by atoms with Gasteiger partial charge in [0.1, 0.15) is 0 Å². The lowest BCUT2D eigenvalue weighted by Crippen LogP contribution is -2.44. The molecule has 1 aliphatic carbocycles. The van der Waals surface area contributed by atoms with E-state index >= 15 is 0 Å². The van der Waals surface area contributed by atoms with Gasteiger partial charge in [0, 0.05) is 18.8 Å². The molecule has 110 valence electrons. The maximum absolute atomic E-state index is 12.0. The van der Waals surface area contributed by atoms with Crippen LogP contribution in [-0.4, -0.2) is 19.0 Å². The van der Waals surface area contributed by atoms with Crippen molar-refractivity contribution in [3.05, 3.63) is 29.3 Å². The molecule has 0 saturated heterocycles. The minimum absolute atomic E-state index is 0.0718. The molecule has 0 radical (unpaired) electrons. The summed E-state index contributed by atoms with van der Waals surface area (Å²) in [6.07, 6.45) is 2.91. The average molecular weight is 275 g/mol. The molecule has 0 saturated carbocycles. The Kier molecular flexibility index (Phi) is 4.65. The Morgan fingerprint density at radius 3 is 2.85 bits per heavy atom. The zero-order valence-corrected chi connectivity index (χ0v) is 12.6.